The largest absolute Gasteiger partial charge is 0.302 e. The summed E-state index contributed by atoms with van der Waals surface area (Å²) in [5.41, 5.74) is 3.39. The van der Waals surface area contributed by atoms with Gasteiger partial charge >= 0.3 is 0 Å². The van der Waals surface area contributed by atoms with Crippen molar-refractivity contribution in [2.45, 2.75) is 6.54 Å². The minimum Gasteiger partial charge on any atom is -0.302 e. The summed E-state index contributed by atoms with van der Waals surface area (Å²) < 4.78 is 0. The third-order valence-electron chi connectivity index (χ3n) is 2.32. The second-order valence-electron chi connectivity index (χ2n) is 3.47. The second-order valence-corrected chi connectivity index (χ2v) is 3.47. The normalized spacial score (nSPS) is 9.94. The molecule has 0 bridgehead atoms. The molecule has 0 saturated heterocycles. The number of aromatic nitrogens is 2. The van der Waals surface area contributed by atoms with E-state index in [1.54, 1.807) is 6.20 Å². The summed E-state index contributed by atoms with van der Waals surface area (Å²) in [5.74, 6) is 2.55. The van der Waals surface area contributed by atoms with E-state index in [-0.39, 0.29) is 0 Å². The number of hydrogen-bond donors (Lipinski definition) is 2. The summed E-state index contributed by atoms with van der Waals surface area (Å²) in [4.78, 5) is 0. The van der Waals surface area contributed by atoms with Gasteiger partial charge in [0.1, 0.15) is 0 Å². The van der Waals surface area contributed by atoms with E-state index in [0.29, 0.717) is 6.54 Å². The summed E-state index contributed by atoms with van der Waals surface area (Å²) in [6.45, 7) is 1.40. The average Bonchev–Trinajstić information content (AvgIpc) is 2.84. The molecule has 16 heavy (non-hydrogen) atoms. The molecular formula is C13H13N3. The van der Waals surface area contributed by atoms with E-state index in [9.17, 15) is 0 Å². The maximum absolute atomic E-state index is 5.16. The number of nitrogens with zero attached hydrogens (tertiary/aromatic N) is 1. The van der Waals surface area contributed by atoms with Crippen molar-refractivity contribution in [1.82, 2.24) is 15.5 Å². The van der Waals surface area contributed by atoms with E-state index >= 15 is 0 Å². The van der Waals surface area contributed by atoms with E-state index in [1.165, 1.54) is 5.56 Å². The Balaban J connectivity index is 2.03. The van der Waals surface area contributed by atoms with Gasteiger partial charge in [-0.1, -0.05) is 30.2 Å². The lowest BCUT2D eigenvalue weighted by Crippen LogP contribution is -2.12. The Kier molecular flexibility index (Phi) is 3.37. The number of H-pyrrole nitrogens is 1. The van der Waals surface area contributed by atoms with Crippen LogP contribution in [0, 0.1) is 12.3 Å². The highest BCUT2D eigenvalue weighted by molar-refractivity contribution is 5.58. The number of hydrogen-bond acceptors (Lipinski definition) is 2. The molecule has 0 unspecified atom stereocenters. The van der Waals surface area contributed by atoms with Gasteiger partial charge in [-0.2, -0.15) is 5.10 Å². The van der Waals surface area contributed by atoms with Crippen LogP contribution in [-0.2, 0) is 6.54 Å². The number of benzene rings is 1. The van der Waals surface area contributed by atoms with Crippen molar-refractivity contribution in [3.05, 3.63) is 42.1 Å². The third-order valence-corrected chi connectivity index (χ3v) is 2.32. The van der Waals surface area contributed by atoms with Gasteiger partial charge in [0.2, 0.25) is 0 Å². The van der Waals surface area contributed by atoms with Crippen molar-refractivity contribution in [2.75, 3.05) is 6.54 Å². The molecule has 3 heteroatoms. The maximum Gasteiger partial charge on any atom is 0.0650 e. The molecule has 3 nitrogen and oxygen atoms in total. The zero-order valence-electron chi connectivity index (χ0n) is 8.90. The van der Waals surface area contributed by atoms with E-state index in [0.717, 1.165) is 17.8 Å². The van der Waals surface area contributed by atoms with E-state index in [4.69, 9.17) is 6.42 Å². The summed E-state index contributed by atoms with van der Waals surface area (Å²) in [6.07, 6.45) is 6.91. The van der Waals surface area contributed by atoms with Gasteiger partial charge in [-0.05, 0) is 17.2 Å². The Bertz CT molecular complexity index is 463. The first kappa shape index (κ1) is 10.5. The van der Waals surface area contributed by atoms with Gasteiger partial charge < -0.3 is 5.32 Å². The third kappa shape index (κ3) is 2.50. The van der Waals surface area contributed by atoms with Crippen molar-refractivity contribution in [1.29, 1.82) is 0 Å². The summed E-state index contributed by atoms with van der Waals surface area (Å²) >= 11 is 0. The Labute approximate surface area is 94.9 Å². The lowest BCUT2D eigenvalue weighted by molar-refractivity contribution is 0.770. The van der Waals surface area contributed by atoms with E-state index in [1.807, 2.05) is 6.07 Å². The van der Waals surface area contributed by atoms with Gasteiger partial charge in [0.15, 0.2) is 0 Å². The monoisotopic (exact) mass is 211 g/mol. The molecule has 0 aliphatic carbocycles. The highest BCUT2D eigenvalue weighted by Gasteiger charge is 1.98. The van der Waals surface area contributed by atoms with Gasteiger partial charge in [0, 0.05) is 12.7 Å². The minimum absolute atomic E-state index is 0.600. The zero-order chi connectivity index (χ0) is 11.2. The average molecular weight is 211 g/mol. The Morgan fingerprint density at radius 3 is 2.69 bits per heavy atom. The lowest BCUT2D eigenvalue weighted by atomic mass is 10.1. The van der Waals surface area contributed by atoms with Crippen LogP contribution in [-0.4, -0.2) is 16.7 Å². The van der Waals surface area contributed by atoms with Crippen LogP contribution in [0.3, 0.4) is 0 Å². The fourth-order valence-corrected chi connectivity index (χ4v) is 1.50. The lowest BCUT2D eigenvalue weighted by Gasteiger charge is -2.02. The Morgan fingerprint density at radius 1 is 1.25 bits per heavy atom. The molecule has 0 aliphatic heterocycles. The molecule has 2 N–H and O–H groups in total. The predicted octanol–water partition coefficient (Wildman–Crippen LogP) is 1.80. The molecule has 1 heterocycles. The van der Waals surface area contributed by atoms with Crippen molar-refractivity contribution < 1.29 is 0 Å². The SMILES string of the molecule is C#CCNCc1ccc(-c2ccn[nH]2)cc1. The molecule has 0 spiro atoms. The van der Waals surface area contributed by atoms with Crippen LogP contribution < -0.4 is 5.32 Å². The molecule has 0 saturated carbocycles. The van der Waals surface area contributed by atoms with Gasteiger partial charge in [-0.25, -0.2) is 0 Å². The molecular weight excluding hydrogens is 198 g/mol. The van der Waals surface area contributed by atoms with Crippen LogP contribution in [0.5, 0.6) is 0 Å². The van der Waals surface area contributed by atoms with Crippen LogP contribution in [0.15, 0.2) is 36.5 Å². The highest BCUT2D eigenvalue weighted by atomic mass is 15.1. The number of aromatic amines is 1. The first-order valence-electron chi connectivity index (χ1n) is 5.13. The predicted molar refractivity (Wildman–Crippen MR) is 64.6 cm³/mol. The summed E-state index contributed by atoms with van der Waals surface area (Å²) in [5, 5.41) is 10.0. The second kappa shape index (κ2) is 5.15. The Hall–Kier alpha value is -2.05. The van der Waals surface area contributed by atoms with Crippen LogP contribution in [0.1, 0.15) is 5.56 Å². The first-order valence-corrected chi connectivity index (χ1v) is 5.13. The smallest absolute Gasteiger partial charge is 0.0650 e. The Morgan fingerprint density at radius 2 is 2.06 bits per heavy atom. The molecule has 80 valence electrons. The molecule has 0 fully saturated rings. The topological polar surface area (TPSA) is 40.7 Å². The molecule has 0 atom stereocenters. The maximum atomic E-state index is 5.16. The van der Waals surface area contributed by atoms with Gasteiger partial charge in [0.05, 0.1) is 12.2 Å². The quantitative estimate of drug-likeness (QED) is 0.598. The standard InChI is InChI=1S/C13H13N3/c1-2-8-14-10-11-3-5-12(6-4-11)13-7-9-15-16-13/h1,3-7,9,14H,8,10H2,(H,15,16). The molecule has 1 aromatic carbocycles. The molecule has 2 aromatic rings. The molecule has 2 rings (SSSR count). The van der Waals surface area contributed by atoms with Gasteiger partial charge in [0.25, 0.3) is 0 Å². The van der Waals surface area contributed by atoms with Gasteiger partial charge in [-0.3, -0.25) is 5.10 Å². The highest BCUT2D eigenvalue weighted by Crippen LogP contribution is 2.16. The van der Waals surface area contributed by atoms with Crippen molar-refractivity contribution in [2.24, 2.45) is 0 Å². The van der Waals surface area contributed by atoms with Crippen LogP contribution >= 0.6 is 0 Å². The zero-order valence-corrected chi connectivity index (χ0v) is 8.90. The fourth-order valence-electron chi connectivity index (χ4n) is 1.50. The van der Waals surface area contributed by atoms with Crippen LogP contribution in [0.25, 0.3) is 11.3 Å². The van der Waals surface area contributed by atoms with Crippen molar-refractivity contribution in [3.63, 3.8) is 0 Å². The molecule has 0 amide bonds. The molecule has 1 aromatic heterocycles. The van der Waals surface area contributed by atoms with E-state index in [2.05, 4.69) is 45.7 Å². The molecule has 0 aliphatic rings. The van der Waals surface area contributed by atoms with Crippen molar-refractivity contribution >= 4 is 0 Å². The molecule has 0 radical (unpaired) electrons. The summed E-state index contributed by atoms with van der Waals surface area (Å²) in [7, 11) is 0. The fraction of sp³-hybridized carbons (Fsp3) is 0.154. The number of rotatable bonds is 4. The van der Waals surface area contributed by atoms with Gasteiger partial charge in [-0.15, -0.1) is 6.42 Å². The number of terminal acetylenes is 1. The van der Waals surface area contributed by atoms with E-state index < -0.39 is 0 Å². The first-order chi connectivity index (χ1) is 7.90. The summed E-state index contributed by atoms with van der Waals surface area (Å²) in [6, 6.07) is 10.3. The van der Waals surface area contributed by atoms with Crippen LogP contribution in [0.2, 0.25) is 0 Å². The van der Waals surface area contributed by atoms with Crippen molar-refractivity contribution in [3.8, 4) is 23.6 Å². The minimum atomic E-state index is 0.600. The number of nitrogens with one attached hydrogen (secondary N) is 2. The van der Waals surface area contributed by atoms with Crippen LogP contribution in [0.4, 0.5) is 0 Å².